The summed E-state index contributed by atoms with van der Waals surface area (Å²) in [6.07, 6.45) is 0. The van der Waals surface area contributed by atoms with Gasteiger partial charge in [-0.3, -0.25) is 13.9 Å². The Balaban J connectivity index is 2.01. The van der Waals surface area contributed by atoms with E-state index in [4.69, 9.17) is 0 Å². The molecule has 0 bridgehead atoms. The molecule has 0 heterocycles. The Labute approximate surface area is 235 Å². The summed E-state index contributed by atoms with van der Waals surface area (Å²) in [5, 5.41) is 2.84. The molecule has 0 aromatic heterocycles. The number of rotatable bonds is 10. The lowest BCUT2D eigenvalue weighted by molar-refractivity contribution is -0.139. The van der Waals surface area contributed by atoms with Crippen molar-refractivity contribution in [3.8, 4) is 0 Å². The van der Waals surface area contributed by atoms with Crippen LogP contribution in [0.15, 0.2) is 92.7 Å². The molecule has 3 aromatic carbocycles. The molecule has 0 aliphatic carbocycles. The SMILES string of the molecule is CC(C)NC(=O)C(C)N(Cc1cccc(Br)c1)C(=O)CN(c1ccc(Br)cc1)S(=O)(=O)c1ccccc1. The first-order valence-electron chi connectivity index (χ1n) is 11.7. The lowest BCUT2D eigenvalue weighted by Gasteiger charge is -2.32. The molecule has 0 saturated carbocycles. The van der Waals surface area contributed by atoms with Gasteiger partial charge in [0.1, 0.15) is 12.6 Å². The van der Waals surface area contributed by atoms with Crippen molar-refractivity contribution in [1.29, 1.82) is 0 Å². The minimum atomic E-state index is -4.08. The molecule has 196 valence electrons. The van der Waals surface area contributed by atoms with Crippen LogP contribution in [0.1, 0.15) is 26.3 Å². The van der Waals surface area contributed by atoms with Gasteiger partial charge in [0.2, 0.25) is 11.8 Å². The van der Waals surface area contributed by atoms with E-state index in [2.05, 4.69) is 37.2 Å². The molecule has 1 unspecified atom stereocenters. The summed E-state index contributed by atoms with van der Waals surface area (Å²) < 4.78 is 30.1. The predicted molar refractivity (Wildman–Crippen MR) is 153 cm³/mol. The monoisotopic (exact) mass is 649 g/mol. The molecule has 10 heteroatoms. The summed E-state index contributed by atoms with van der Waals surface area (Å²) in [4.78, 5) is 28.2. The highest BCUT2D eigenvalue weighted by atomic mass is 79.9. The van der Waals surface area contributed by atoms with E-state index >= 15 is 0 Å². The number of sulfonamides is 1. The minimum absolute atomic E-state index is 0.0647. The van der Waals surface area contributed by atoms with Crippen LogP contribution < -0.4 is 9.62 Å². The van der Waals surface area contributed by atoms with Crippen LogP contribution in [0.5, 0.6) is 0 Å². The Bertz CT molecular complexity index is 1330. The second kappa shape index (κ2) is 12.7. The van der Waals surface area contributed by atoms with E-state index in [-0.39, 0.29) is 23.4 Å². The van der Waals surface area contributed by atoms with Crippen molar-refractivity contribution < 1.29 is 18.0 Å². The molecule has 0 fully saturated rings. The average Bonchev–Trinajstić information content (AvgIpc) is 2.86. The highest BCUT2D eigenvalue weighted by Crippen LogP contribution is 2.26. The fourth-order valence-electron chi connectivity index (χ4n) is 3.68. The smallest absolute Gasteiger partial charge is 0.264 e. The number of anilines is 1. The lowest BCUT2D eigenvalue weighted by Crippen LogP contribution is -2.52. The Morgan fingerprint density at radius 2 is 1.51 bits per heavy atom. The van der Waals surface area contributed by atoms with E-state index in [0.717, 1.165) is 18.8 Å². The molecule has 0 aliphatic rings. The molecule has 0 radical (unpaired) electrons. The summed E-state index contributed by atoms with van der Waals surface area (Å²) >= 11 is 6.81. The zero-order valence-electron chi connectivity index (χ0n) is 20.8. The van der Waals surface area contributed by atoms with Crippen LogP contribution in [-0.4, -0.2) is 43.8 Å². The molecule has 1 N–H and O–H groups in total. The molecule has 0 spiro atoms. The Hall–Kier alpha value is -2.69. The number of amides is 2. The maximum atomic E-state index is 13.8. The number of benzene rings is 3. The first kappa shape index (κ1) is 28.9. The summed E-state index contributed by atoms with van der Waals surface area (Å²) in [5.74, 6) is -0.826. The van der Waals surface area contributed by atoms with Crippen molar-refractivity contribution in [2.75, 3.05) is 10.8 Å². The highest BCUT2D eigenvalue weighted by Gasteiger charge is 2.32. The molecule has 7 nitrogen and oxygen atoms in total. The van der Waals surface area contributed by atoms with Crippen molar-refractivity contribution >= 4 is 59.4 Å². The maximum Gasteiger partial charge on any atom is 0.264 e. The van der Waals surface area contributed by atoms with E-state index in [1.54, 1.807) is 49.4 Å². The van der Waals surface area contributed by atoms with E-state index in [9.17, 15) is 18.0 Å². The molecule has 0 aliphatic heterocycles. The summed E-state index contributed by atoms with van der Waals surface area (Å²) in [6.45, 7) is 4.97. The van der Waals surface area contributed by atoms with Gasteiger partial charge in [0, 0.05) is 21.5 Å². The van der Waals surface area contributed by atoms with Gasteiger partial charge in [-0.2, -0.15) is 0 Å². The molecular weight excluding hydrogens is 622 g/mol. The molecule has 2 amide bonds. The second-order valence-electron chi connectivity index (χ2n) is 8.79. The molecular formula is C27H29Br2N3O4S. The number of carbonyl (C=O) groups is 2. The second-order valence-corrected chi connectivity index (χ2v) is 12.5. The van der Waals surface area contributed by atoms with E-state index in [1.807, 2.05) is 38.1 Å². The van der Waals surface area contributed by atoms with Gasteiger partial charge >= 0.3 is 0 Å². The summed E-state index contributed by atoms with van der Waals surface area (Å²) in [7, 11) is -4.08. The topological polar surface area (TPSA) is 86.8 Å². The maximum absolute atomic E-state index is 13.8. The van der Waals surface area contributed by atoms with Gasteiger partial charge in [-0.1, -0.05) is 62.2 Å². The third kappa shape index (κ3) is 7.66. The standard InChI is InChI=1S/C27H29Br2N3O4S/c1-19(2)30-27(34)20(3)31(17-21-8-7-9-23(29)16-21)26(33)18-32(24-14-12-22(28)13-15-24)37(35,36)25-10-5-4-6-11-25/h4-16,19-20H,17-18H2,1-3H3,(H,30,34). The summed E-state index contributed by atoms with van der Waals surface area (Å²) in [6, 6.07) is 21.1. The van der Waals surface area contributed by atoms with Gasteiger partial charge in [0.25, 0.3) is 10.0 Å². The van der Waals surface area contributed by atoms with Gasteiger partial charge in [-0.25, -0.2) is 8.42 Å². The number of nitrogens with zero attached hydrogens (tertiary/aromatic N) is 2. The number of halogens is 2. The molecule has 1 atom stereocenters. The van der Waals surface area contributed by atoms with E-state index in [1.165, 1.54) is 17.0 Å². The van der Waals surface area contributed by atoms with Crippen molar-refractivity contribution in [3.63, 3.8) is 0 Å². The molecule has 0 saturated heterocycles. The molecule has 3 aromatic rings. The van der Waals surface area contributed by atoms with Gasteiger partial charge in [-0.15, -0.1) is 0 Å². The van der Waals surface area contributed by atoms with Crippen LogP contribution in [0, 0.1) is 0 Å². The van der Waals surface area contributed by atoms with E-state index < -0.39 is 28.5 Å². The average molecular weight is 651 g/mol. The van der Waals surface area contributed by atoms with Gasteiger partial charge < -0.3 is 10.2 Å². The zero-order valence-corrected chi connectivity index (χ0v) is 24.8. The predicted octanol–water partition coefficient (Wildman–Crippen LogP) is 5.35. The van der Waals surface area contributed by atoms with Crippen molar-refractivity contribution in [2.24, 2.45) is 0 Å². The zero-order chi connectivity index (χ0) is 27.2. The van der Waals surface area contributed by atoms with Crippen LogP contribution in [0.3, 0.4) is 0 Å². The fourth-order valence-corrected chi connectivity index (χ4v) is 5.82. The minimum Gasteiger partial charge on any atom is -0.352 e. The fraction of sp³-hybridized carbons (Fsp3) is 0.259. The van der Waals surface area contributed by atoms with Crippen molar-refractivity contribution in [2.45, 2.75) is 44.3 Å². The number of hydrogen-bond acceptors (Lipinski definition) is 4. The quantitative estimate of drug-likeness (QED) is 0.321. The number of hydrogen-bond donors (Lipinski definition) is 1. The van der Waals surface area contributed by atoms with E-state index in [0.29, 0.717) is 5.69 Å². The lowest BCUT2D eigenvalue weighted by atomic mass is 10.1. The van der Waals surface area contributed by atoms with Gasteiger partial charge in [0.05, 0.1) is 10.6 Å². The highest BCUT2D eigenvalue weighted by molar-refractivity contribution is 9.10. The van der Waals surface area contributed by atoms with Crippen LogP contribution >= 0.6 is 31.9 Å². The van der Waals surface area contributed by atoms with Crippen LogP contribution in [0.2, 0.25) is 0 Å². The summed E-state index contributed by atoms with van der Waals surface area (Å²) in [5.41, 5.74) is 1.13. The van der Waals surface area contributed by atoms with Crippen molar-refractivity contribution in [1.82, 2.24) is 10.2 Å². The number of carbonyl (C=O) groups excluding carboxylic acids is 2. The first-order chi connectivity index (χ1) is 17.5. The third-order valence-corrected chi connectivity index (χ3v) is 8.37. The largest absolute Gasteiger partial charge is 0.352 e. The van der Waals surface area contributed by atoms with Crippen LogP contribution in [-0.2, 0) is 26.2 Å². The van der Waals surface area contributed by atoms with Crippen LogP contribution in [0.25, 0.3) is 0 Å². The molecule has 3 rings (SSSR count). The Morgan fingerprint density at radius 3 is 2.11 bits per heavy atom. The Morgan fingerprint density at radius 1 is 0.865 bits per heavy atom. The molecule has 37 heavy (non-hydrogen) atoms. The van der Waals surface area contributed by atoms with Crippen molar-refractivity contribution in [3.05, 3.63) is 93.4 Å². The number of nitrogens with one attached hydrogen (secondary N) is 1. The Kier molecular flexibility index (Phi) is 9.92. The van der Waals surface area contributed by atoms with Crippen LogP contribution in [0.4, 0.5) is 5.69 Å². The first-order valence-corrected chi connectivity index (χ1v) is 14.7. The van der Waals surface area contributed by atoms with Gasteiger partial charge in [-0.05, 0) is 74.9 Å². The normalized spacial score (nSPS) is 12.2. The third-order valence-electron chi connectivity index (χ3n) is 5.56. The van der Waals surface area contributed by atoms with Gasteiger partial charge in [0.15, 0.2) is 0 Å².